The minimum atomic E-state index is -1.61. The van der Waals surface area contributed by atoms with Gasteiger partial charge in [0.25, 0.3) is 0 Å². The highest BCUT2D eigenvalue weighted by molar-refractivity contribution is 6.59. The fraction of sp³-hybridized carbons (Fsp3) is 0.300. The predicted molar refractivity (Wildman–Crippen MR) is 65.2 cm³/mol. The van der Waals surface area contributed by atoms with Gasteiger partial charge in [0.2, 0.25) is 0 Å². The summed E-state index contributed by atoms with van der Waals surface area (Å²) in [5.41, 5.74) is 4.98. The monoisotopic (exact) mass is 257 g/mol. The molecule has 0 fully saturated rings. The van der Waals surface area contributed by atoms with Crippen molar-refractivity contribution in [3.8, 4) is 0 Å². The molecule has 5 N–H and O–H groups in total. The van der Waals surface area contributed by atoms with Crippen LogP contribution in [-0.2, 0) is 11.2 Å². The van der Waals surface area contributed by atoms with Crippen LogP contribution in [0.3, 0.4) is 0 Å². The van der Waals surface area contributed by atoms with Gasteiger partial charge in [-0.3, -0.25) is 4.79 Å². The molecule has 17 heavy (non-hydrogen) atoms. The van der Waals surface area contributed by atoms with Crippen molar-refractivity contribution in [2.45, 2.75) is 18.9 Å². The van der Waals surface area contributed by atoms with Gasteiger partial charge in [-0.2, -0.15) is 0 Å². The molecule has 7 heteroatoms. The Balaban J connectivity index is 2.98. The molecule has 0 aliphatic heterocycles. The molecule has 1 unspecified atom stereocenters. The fourth-order valence-electron chi connectivity index (χ4n) is 1.34. The third-order valence-electron chi connectivity index (χ3n) is 2.42. The molecule has 0 radical (unpaired) electrons. The number of rotatable bonds is 4. The maximum absolute atomic E-state index is 10.9. The van der Waals surface area contributed by atoms with E-state index in [1.807, 2.05) is 0 Å². The molecule has 0 heterocycles. The van der Waals surface area contributed by atoms with E-state index in [4.69, 9.17) is 32.5 Å². The van der Waals surface area contributed by atoms with E-state index in [9.17, 15) is 4.79 Å². The number of carbonyl (C=O) groups is 1. The molecule has 92 valence electrons. The first-order chi connectivity index (χ1) is 7.74. The number of carboxylic acid groups (broad SMARTS) is 1. The zero-order valence-electron chi connectivity index (χ0n) is 9.22. The zero-order chi connectivity index (χ0) is 13.2. The van der Waals surface area contributed by atoms with Crippen LogP contribution in [0.15, 0.2) is 18.2 Å². The van der Waals surface area contributed by atoms with E-state index in [2.05, 4.69) is 0 Å². The number of halogens is 1. The van der Waals surface area contributed by atoms with Gasteiger partial charge in [-0.15, -0.1) is 0 Å². The SMILES string of the molecule is CC(N)(Cc1ccc(B(O)O)cc1Cl)C(=O)O. The molecule has 0 aromatic heterocycles. The summed E-state index contributed by atoms with van der Waals surface area (Å²) in [7, 11) is -1.61. The van der Waals surface area contributed by atoms with Crippen LogP contribution in [-0.4, -0.2) is 33.8 Å². The van der Waals surface area contributed by atoms with Gasteiger partial charge in [-0.1, -0.05) is 23.7 Å². The highest BCUT2D eigenvalue weighted by atomic mass is 35.5. The molecule has 1 atom stereocenters. The number of carboxylic acids is 1. The highest BCUT2D eigenvalue weighted by Crippen LogP contribution is 2.19. The highest BCUT2D eigenvalue weighted by Gasteiger charge is 2.29. The Hall–Kier alpha value is -1.08. The summed E-state index contributed by atoms with van der Waals surface area (Å²) in [5, 5.41) is 27.0. The van der Waals surface area contributed by atoms with E-state index in [1.54, 1.807) is 0 Å². The quantitative estimate of drug-likeness (QED) is 0.538. The molecule has 0 saturated heterocycles. The molecule has 0 amide bonds. The van der Waals surface area contributed by atoms with Gasteiger partial charge < -0.3 is 20.9 Å². The molecule has 5 nitrogen and oxygen atoms in total. The zero-order valence-corrected chi connectivity index (χ0v) is 9.98. The molecule has 0 aliphatic rings. The van der Waals surface area contributed by atoms with Crippen molar-refractivity contribution >= 4 is 30.2 Å². The van der Waals surface area contributed by atoms with Crippen LogP contribution in [0.1, 0.15) is 12.5 Å². The van der Waals surface area contributed by atoms with E-state index in [1.165, 1.54) is 25.1 Å². The van der Waals surface area contributed by atoms with Crippen molar-refractivity contribution in [3.63, 3.8) is 0 Å². The number of aliphatic carboxylic acids is 1. The Morgan fingerprint density at radius 3 is 2.53 bits per heavy atom. The van der Waals surface area contributed by atoms with E-state index < -0.39 is 18.6 Å². The average molecular weight is 257 g/mol. The largest absolute Gasteiger partial charge is 0.488 e. The van der Waals surface area contributed by atoms with Crippen molar-refractivity contribution in [3.05, 3.63) is 28.8 Å². The third-order valence-corrected chi connectivity index (χ3v) is 2.77. The molecule has 1 aromatic carbocycles. The Kier molecular flexibility index (Phi) is 4.16. The van der Waals surface area contributed by atoms with Gasteiger partial charge in [0, 0.05) is 11.4 Å². The molecule has 0 saturated carbocycles. The molecule has 1 rings (SSSR count). The van der Waals surface area contributed by atoms with Crippen molar-refractivity contribution in [2.75, 3.05) is 0 Å². The summed E-state index contributed by atoms with van der Waals surface area (Å²) in [6.45, 7) is 1.39. The first-order valence-electron chi connectivity index (χ1n) is 4.91. The molecular weight excluding hydrogens is 244 g/mol. The Morgan fingerprint density at radius 2 is 2.12 bits per heavy atom. The van der Waals surface area contributed by atoms with Crippen LogP contribution >= 0.6 is 11.6 Å². The standard InChI is InChI=1S/C10H13BClNO4/c1-10(13,9(14)15)5-6-2-3-7(11(16)17)4-8(6)12/h2-4,16-17H,5,13H2,1H3,(H,14,15). The van der Waals surface area contributed by atoms with Crippen LogP contribution in [0.2, 0.25) is 5.02 Å². The van der Waals surface area contributed by atoms with Crippen molar-refractivity contribution in [2.24, 2.45) is 5.73 Å². The molecular formula is C10H13BClNO4. The molecule has 0 aliphatic carbocycles. The van der Waals surface area contributed by atoms with Crippen LogP contribution in [0.5, 0.6) is 0 Å². The van der Waals surface area contributed by atoms with Crippen LogP contribution in [0, 0.1) is 0 Å². The second kappa shape index (κ2) is 5.06. The minimum absolute atomic E-state index is 0.0585. The van der Waals surface area contributed by atoms with Gasteiger partial charge in [-0.05, 0) is 24.0 Å². The van der Waals surface area contributed by atoms with Crippen LogP contribution < -0.4 is 11.2 Å². The first kappa shape index (κ1) is 14.0. The average Bonchev–Trinajstić information content (AvgIpc) is 2.20. The van der Waals surface area contributed by atoms with Crippen LogP contribution in [0.4, 0.5) is 0 Å². The van der Waals surface area contributed by atoms with Crippen molar-refractivity contribution < 1.29 is 19.9 Å². The van der Waals surface area contributed by atoms with Gasteiger partial charge >= 0.3 is 13.1 Å². The number of benzene rings is 1. The summed E-state index contributed by atoms with van der Waals surface area (Å²) in [5.74, 6) is -1.13. The van der Waals surface area contributed by atoms with E-state index in [0.717, 1.165) is 0 Å². The summed E-state index contributed by atoms with van der Waals surface area (Å²) < 4.78 is 0. The topological polar surface area (TPSA) is 104 Å². The van der Waals surface area contributed by atoms with E-state index in [-0.39, 0.29) is 16.9 Å². The summed E-state index contributed by atoms with van der Waals surface area (Å²) in [6.07, 6.45) is 0.0585. The Morgan fingerprint density at radius 1 is 1.53 bits per heavy atom. The van der Waals surface area contributed by atoms with Gasteiger partial charge in [0.15, 0.2) is 0 Å². The maximum atomic E-state index is 10.9. The first-order valence-corrected chi connectivity index (χ1v) is 5.28. The molecule has 1 aromatic rings. The molecule has 0 bridgehead atoms. The lowest BCUT2D eigenvalue weighted by Crippen LogP contribution is -2.47. The summed E-state index contributed by atoms with van der Waals surface area (Å²) >= 11 is 5.91. The van der Waals surface area contributed by atoms with Gasteiger partial charge in [0.05, 0.1) is 0 Å². The Labute approximate surface area is 104 Å². The number of hydrogen-bond acceptors (Lipinski definition) is 4. The lowest BCUT2D eigenvalue weighted by molar-refractivity contribution is -0.142. The van der Waals surface area contributed by atoms with Gasteiger partial charge in [-0.25, -0.2) is 0 Å². The fourth-order valence-corrected chi connectivity index (χ4v) is 1.59. The minimum Gasteiger partial charge on any atom is -0.480 e. The number of nitrogens with two attached hydrogens (primary N) is 1. The third kappa shape index (κ3) is 3.44. The lowest BCUT2D eigenvalue weighted by Gasteiger charge is -2.20. The van der Waals surface area contributed by atoms with Crippen molar-refractivity contribution in [1.82, 2.24) is 0 Å². The van der Waals surface area contributed by atoms with Crippen molar-refractivity contribution in [1.29, 1.82) is 0 Å². The van der Waals surface area contributed by atoms with Gasteiger partial charge in [0.1, 0.15) is 5.54 Å². The normalized spacial score (nSPS) is 14.2. The number of hydrogen-bond donors (Lipinski definition) is 4. The maximum Gasteiger partial charge on any atom is 0.488 e. The summed E-state index contributed by atoms with van der Waals surface area (Å²) in [6, 6.07) is 4.37. The lowest BCUT2D eigenvalue weighted by atomic mass is 9.79. The smallest absolute Gasteiger partial charge is 0.480 e. The second-order valence-electron chi connectivity index (χ2n) is 4.12. The van der Waals surface area contributed by atoms with E-state index in [0.29, 0.717) is 5.56 Å². The summed E-state index contributed by atoms with van der Waals surface area (Å²) in [4.78, 5) is 10.9. The predicted octanol–water partition coefficient (Wildman–Crippen LogP) is -0.636. The van der Waals surface area contributed by atoms with Crippen LogP contribution in [0.25, 0.3) is 0 Å². The molecule has 0 spiro atoms. The second-order valence-corrected chi connectivity index (χ2v) is 4.53. The Bertz CT molecular complexity index is 436. The van der Waals surface area contributed by atoms with E-state index >= 15 is 0 Å².